The number of ether oxygens (including phenoxy) is 1. The molecule has 3 aromatic heterocycles. The molecule has 1 atom stereocenters. The third-order valence-electron chi connectivity index (χ3n) is 6.36. The number of nitrogens with zero attached hydrogens (tertiary/aromatic N) is 4. The molecule has 7 nitrogen and oxygen atoms in total. The highest BCUT2D eigenvalue weighted by atomic mass is 35.5. The Bertz CT molecular complexity index is 1280. The molecule has 216 valence electrons. The van der Waals surface area contributed by atoms with Gasteiger partial charge in [-0.1, -0.05) is 24.3 Å². The van der Waals surface area contributed by atoms with Crippen molar-refractivity contribution in [1.29, 1.82) is 0 Å². The first-order valence-electron chi connectivity index (χ1n) is 12.5. The Hall–Kier alpha value is -2.11. The van der Waals surface area contributed by atoms with Crippen molar-refractivity contribution in [2.75, 3.05) is 31.6 Å². The number of aliphatic hydroxyl groups is 1. The Morgan fingerprint density at radius 2 is 1.82 bits per heavy atom. The molecule has 0 aliphatic carbocycles. The molecule has 4 aromatic rings. The van der Waals surface area contributed by atoms with E-state index in [1.807, 2.05) is 61.1 Å². The van der Waals surface area contributed by atoms with Crippen LogP contribution in [0.1, 0.15) is 29.5 Å². The summed E-state index contributed by atoms with van der Waals surface area (Å²) >= 11 is 3.34. The Morgan fingerprint density at radius 1 is 1.07 bits per heavy atom. The number of benzene rings is 1. The minimum Gasteiger partial charge on any atom is -0.453 e. The maximum Gasteiger partial charge on any atom is 0.188 e. The van der Waals surface area contributed by atoms with E-state index in [1.165, 1.54) is 0 Å². The number of thioether (sulfide) groups is 1. The summed E-state index contributed by atoms with van der Waals surface area (Å²) in [7, 11) is 0. The SMILES string of the molecule is Cc1csc(Nc2ncc(SC(c3ccccn3)C3CCN(CCO)CC3)cc2Oc2ccccc2)n1.Cl.Cl.Cl. The largest absolute Gasteiger partial charge is 0.453 e. The van der Waals surface area contributed by atoms with Crippen molar-refractivity contribution < 1.29 is 9.84 Å². The number of para-hydroxylation sites is 1. The molecule has 0 radical (unpaired) electrons. The van der Waals surface area contributed by atoms with E-state index in [-0.39, 0.29) is 49.1 Å². The highest BCUT2D eigenvalue weighted by molar-refractivity contribution is 7.99. The van der Waals surface area contributed by atoms with Crippen LogP contribution in [0.3, 0.4) is 0 Å². The fourth-order valence-corrected chi connectivity index (χ4v) is 6.49. The summed E-state index contributed by atoms with van der Waals surface area (Å²) in [5, 5.41) is 15.6. The smallest absolute Gasteiger partial charge is 0.188 e. The van der Waals surface area contributed by atoms with Crippen LogP contribution in [0.15, 0.2) is 77.3 Å². The van der Waals surface area contributed by atoms with Gasteiger partial charge in [0.1, 0.15) is 5.75 Å². The highest BCUT2D eigenvalue weighted by Crippen LogP contribution is 2.45. The maximum atomic E-state index is 9.33. The second-order valence-electron chi connectivity index (χ2n) is 9.05. The molecule has 0 spiro atoms. The summed E-state index contributed by atoms with van der Waals surface area (Å²) < 4.78 is 6.30. The van der Waals surface area contributed by atoms with Gasteiger partial charge in [0, 0.05) is 29.2 Å². The van der Waals surface area contributed by atoms with E-state index in [9.17, 15) is 5.11 Å². The van der Waals surface area contributed by atoms with Gasteiger partial charge in [0.25, 0.3) is 0 Å². The zero-order valence-corrected chi connectivity index (χ0v) is 26.1. The fourth-order valence-electron chi connectivity index (χ4n) is 4.50. The van der Waals surface area contributed by atoms with E-state index < -0.39 is 0 Å². The predicted octanol–water partition coefficient (Wildman–Crippen LogP) is 7.58. The number of likely N-dealkylation sites (tertiary alicyclic amines) is 1. The molecule has 0 amide bonds. The molecule has 0 bridgehead atoms. The van der Waals surface area contributed by atoms with E-state index in [4.69, 9.17) is 14.7 Å². The first-order chi connectivity index (χ1) is 18.2. The summed E-state index contributed by atoms with van der Waals surface area (Å²) in [5.74, 6) is 2.52. The lowest BCUT2D eigenvalue weighted by Gasteiger charge is -2.35. The van der Waals surface area contributed by atoms with Gasteiger partial charge in [-0.2, -0.15) is 0 Å². The van der Waals surface area contributed by atoms with Crippen molar-refractivity contribution >= 4 is 71.3 Å². The number of aryl methyl sites for hydroxylation is 1. The second kappa shape index (κ2) is 17.0. The predicted molar refractivity (Wildman–Crippen MR) is 172 cm³/mol. The Morgan fingerprint density at radius 3 is 2.48 bits per heavy atom. The number of thiazole rings is 1. The molecular formula is C28H34Cl3N5O2S2. The number of hydrogen-bond acceptors (Lipinski definition) is 9. The van der Waals surface area contributed by atoms with E-state index in [2.05, 4.69) is 33.4 Å². The standard InChI is InChI=1S/C28H31N5O2S2.3ClH/c1-20-19-36-28(31-20)32-27-25(35-22-7-3-2-4-8-22)17-23(18-30-27)37-26(24-9-5-6-12-29-24)21-10-13-33(14-11-21)15-16-34;;;/h2-9,12,17-19,21,26,34H,10-11,13-16H2,1H3,(H,30,31,32);3*1H. The summed E-state index contributed by atoms with van der Waals surface area (Å²) in [6.07, 6.45) is 5.91. The molecule has 12 heteroatoms. The van der Waals surface area contributed by atoms with E-state index >= 15 is 0 Å². The molecule has 4 heterocycles. The van der Waals surface area contributed by atoms with Gasteiger partial charge in [0.15, 0.2) is 16.7 Å². The zero-order valence-electron chi connectivity index (χ0n) is 22.0. The van der Waals surface area contributed by atoms with Gasteiger partial charge in [-0.25, -0.2) is 9.97 Å². The first-order valence-corrected chi connectivity index (χ1v) is 14.3. The average molecular weight is 643 g/mol. The summed E-state index contributed by atoms with van der Waals surface area (Å²) in [4.78, 5) is 17.4. The molecule has 1 unspecified atom stereocenters. The van der Waals surface area contributed by atoms with E-state index in [0.29, 0.717) is 17.5 Å². The number of pyridine rings is 2. The first kappa shape index (κ1) is 34.1. The second-order valence-corrected chi connectivity index (χ2v) is 11.1. The third kappa shape index (κ3) is 9.21. The topological polar surface area (TPSA) is 83.4 Å². The third-order valence-corrected chi connectivity index (χ3v) is 8.61. The lowest BCUT2D eigenvalue weighted by molar-refractivity contribution is 0.146. The molecule has 2 N–H and O–H groups in total. The normalized spacial score (nSPS) is 14.2. The molecule has 1 saturated heterocycles. The van der Waals surface area contributed by atoms with Gasteiger partial charge in [0.05, 0.1) is 23.2 Å². The summed E-state index contributed by atoms with van der Waals surface area (Å²) in [5.41, 5.74) is 2.05. The van der Waals surface area contributed by atoms with Gasteiger partial charge in [-0.15, -0.1) is 60.3 Å². The lowest BCUT2D eigenvalue weighted by atomic mass is 9.91. The van der Waals surface area contributed by atoms with Crippen molar-refractivity contribution in [1.82, 2.24) is 19.9 Å². The number of hydrogen-bond donors (Lipinski definition) is 2. The number of piperidine rings is 1. The molecule has 0 saturated carbocycles. The van der Waals surface area contributed by atoms with Gasteiger partial charge in [-0.05, 0) is 69.1 Å². The van der Waals surface area contributed by atoms with Crippen LogP contribution in [0.5, 0.6) is 11.5 Å². The Labute approximate surface area is 262 Å². The van der Waals surface area contributed by atoms with Crippen molar-refractivity contribution in [3.63, 3.8) is 0 Å². The number of halogens is 3. The van der Waals surface area contributed by atoms with Gasteiger partial charge >= 0.3 is 0 Å². The molecule has 5 rings (SSSR count). The van der Waals surface area contributed by atoms with Gasteiger partial charge < -0.3 is 20.1 Å². The average Bonchev–Trinajstić information content (AvgIpc) is 3.35. The van der Waals surface area contributed by atoms with E-state index in [0.717, 1.165) is 59.6 Å². The lowest BCUT2D eigenvalue weighted by Crippen LogP contribution is -2.37. The number of anilines is 2. The van der Waals surface area contributed by atoms with Crippen LogP contribution in [-0.2, 0) is 0 Å². The van der Waals surface area contributed by atoms with Crippen LogP contribution >= 0.6 is 60.3 Å². The van der Waals surface area contributed by atoms with Crippen LogP contribution < -0.4 is 10.1 Å². The van der Waals surface area contributed by atoms with Crippen LogP contribution in [-0.4, -0.2) is 51.2 Å². The molecule has 40 heavy (non-hydrogen) atoms. The number of rotatable bonds is 10. The highest BCUT2D eigenvalue weighted by Gasteiger charge is 2.29. The quantitative estimate of drug-likeness (QED) is 0.171. The van der Waals surface area contributed by atoms with Crippen LogP contribution in [0, 0.1) is 12.8 Å². The number of β-amino-alcohol motifs (C(OH)–C–C–N with tert-alkyl or cyclic N) is 1. The van der Waals surface area contributed by atoms with Gasteiger partial charge in [-0.3, -0.25) is 4.98 Å². The number of nitrogens with one attached hydrogen (secondary N) is 1. The zero-order chi connectivity index (χ0) is 25.5. The minimum absolute atomic E-state index is 0. The Kier molecular flexibility index (Phi) is 14.5. The molecule has 1 aliphatic rings. The van der Waals surface area contributed by atoms with Crippen molar-refractivity contribution in [2.45, 2.75) is 29.9 Å². The fraction of sp³-hybridized carbons (Fsp3) is 0.321. The molecular weight excluding hydrogens is 609 g/mol. The summed E-state index contributed by atoms with van der Waals surface area (Å²) in [6.45, 7) is 4.91. The number of aromatic nitrogens is 3. The molecule has 1 aliphatic heterocycles. The van der Waals surface area contributed by atoms with Crippen molar-refractivity contribution in [3.05, 3.63) is 83.8 Å². The molecule has 1 aromatic carbocycles. The Balaban J connectivity index is 0.00000187. The maximum absolute atomic E-state index is 9.33. The minimum atomic E-state index is 0. The van der Waals surface area contributed by atoms with Crippen LogP contribution in [0.4, 0.5) is 10.9 Å². The van der Waals surface area contributed by atoms with Crippen LogP contribution in [0.2, 0.25) is 0 Å². The molecule has 1 fully saturated rings. The van der Waals surface area contributed by atoms with Crippen molar-refractivity contribution in [2.24, 2.45) is 5.92 Å². The van der Waals surface area contributed by atoms with Crippen molar-refractivity contribution in [3.8, 4) is 11.5 Å². The number of aliphatic hydroxyl groups excluding tert-OH is 1. The van der Waals surface area contributed by atoms with Gasteiger partial charge in [0.2, 0.25) is 0 Å². The summed E-state index contributed by atoms with van der Waals surface area (Å²) in [6, 6.07) is 18.0. The monoisotopic (exact) mass is 641 g/mol. The van der Waals surface area contributed by atoms with E-state index in [1.54, 1.807) is 23.1 Å². The van der Waals surface area contributed by atoms with Crippen LogP contribution in [0.25, 0.3) is 0 Å².